The van der Waals surface area contributed by atoms with Crippen molar-refractivity contribution in [1.29, 1.82) is 0 Å². The number of benzene rings is 2. The molecule has 4 heteroatoms. The Morgan fingerprint density at radius 1 is 0.783 bits per heavy atom. The van der Waals surface area contributed by atoms with Crippen molar-refractivity contribution >= 4 is 11.4 Å². The fourth-order valence-electron chi connectivity index (χ4n) is 2.02. The summed E-state index contributed by atoms with van der Waals surface area (Å²) >= 11 is 0. The van der Waals surface area contributed by atoms with Crippen molar-refractivity contribution in [3.63, 3.8) is 0 Å². The number of ether oxygens (including phenoxy) is 2. The molecule has 0 spiro atoms. The topological polar surface area (TPSA) is 43.2 Å². The van der Waals surface area contributed by atoms with Crippen LogP contribution in [0.4, 0.5) is 11.4 Å². The highest BCUT2D eigenvalue weighted by Gasteiger charge is 1.96. The molecule has 0 amide bonds. The summed E-state index contributed by atoms with van der Waals surface area (Å²) in [6, 6.07) is 15.1. The molecule has 121 valence electrons. The molecule has 0 saturated carbocycles. The van der Waals surface area contributed by atoms with E-state index in [9.17, 15) is 0 Å². The van der Waals surface area contributed by atoms with E-state index in [0.717, 1.165) is 55.2 Å². The van der Waals surface area contributed by atoms with E-state index < -0.39 is 0 Å². The predicted molar refractivity (Wildman–Crippen MR) is 92.9 cm³/mol. The number of nitrogens with zero attached hydrogens (tertiary/aromatic N) is 2. The Kier molecular flexibility index (Phi) is 7.11. The fraction of sp³-hybridized carbons (Fsp3) is 0.316. The SMILES string of the molecule is [CH2]CCCCCOc1ccc(N=Nc2ccc(OC)cc2)cc1. The zero-order chi connectivity index (χ0) is 16.3. The zero-order valence-corrected chi connectivity index (χ0v) is 13.6. The number of unbranched alkanes of at least 4 members (excludes halogenated alkanes) is 3. The van der Waals surface area contributed by atoms with E-state index >= 15 is 0 Å². The van der Waals surface area contributed by atoms with E-state index in [1.165, 1.54) is 0 Å². The molecule has 2 rings (SSSR count). The van der Waals surface area contributed by atoms with E-state index in [0.29, 0.717) is 0 Å². The molecule has 0 fully saturated rings. The standard InChI is InChI=1S/C19H23N2O2/c1-3-4-5-6-15-23-19-13-9-17(10-14-19)21-20-16-7-11-18(22-2)12-8-16/h7-14H,1,3-6,15H2,2H3. The molecular weight excluding hydrogens is 288 g/mol. The largest absolute Gasteiger partial charge is 0.497 e. The van der Waals surface area contributed by atoms with E-state index in [1.807, 2.05) is 48.5 Å². The van der Waals surface area contributed by atoms with Gasteiger partial charge in [0.25, 0.3) is 0 Å². The lowest BCUT2D eigenvalue weighted by atomic mass is 10.2. The van der Waals surface area contributed by atoms with E-state index in [2.05, 4.69) is 17.2 Å². The van der Waals surface area contributed by atoms with Gasteiger partial charge >= 0.3 is 0 Å². The van der Waals surface area contributed by atoms with Crippen molar-refractivity contribution in [2.75, 3.05) is 13.7 Å². The van der Waals surface area contributed by atoms with Crippen molar-refractivity contribution in [3.8, 4) is 11.5 Å². The molecule has 0 aliphatic heterocycles. The van der Waals surface area contributed by atoms with Crippen LogP contribution < -0.4 is 9.47 Å². The van der Waals surface area contributed by atoms with Gasteiger partial charge in [-0.25, -0.2) is 0 Å². The van der Waals surface area contributed by atoms with Crippen LogP contribution in [0.15, 0.2) is 58.8 Å². The van der Waals surface area contributed by atoms with Gasteiger partial charge in [0.05, 0.1) is 25.1 Å². The first kappa shape index (κ1) is 17.0. The summed E-state index contributed by atoms with van der Waals surface area (Å²) in [4.78, 5) is 0. The summed E-state index contributed by atoms with van der Waals surface area (Å²) in [6.45, 7) is 4.58. The van der Waals surface area contributed by atoms with Gasteiger partial charge in [0.15, 0.2) is 0 Å². The molecule has 0 unspecified atom stereocenters. The van der Waals surface area contributed by atoms with Crippen molar-refractivity contribution in [2.24, 2.45) is 10.2 Å². The first-order valence-corrected chi connectivity index (χ1v) is 7.90. The second kappa shape index (κ2) is 9.62. The highest BCUT2D eigenvalue weighted by Crippen LogP contribution is 2.23. The van der Waals surface area contributed by atoms with Crippen LogP contribution in [0.2, 0.25) is 0 Å². The van der Waals surface area contributed by atoms with Crippen LogP contribution in [0.5, 0.6) is 11.5 Å². The molecule has 0 aromatic heterocycles. The summed E-state index contributed by atoms with van der Waals surface area (Å²) in [5.74, 6) is 1.67. The maximum Gasteiger partial charge on any atom is 0.119 e. The zero-order valence-electron chi connectivity index (χ0n) is 13.6. The Morgan fingerprint density at radius 2 is 1.35 bits per heavy atom. The molecular formula is C19H23N2O2. The number of hydrogen-bond acceptors (Lipinski definition) is 4. The van der Waals surface area contributed by atoms with Gasteiger partial charge in [-0.05, 0) is 55.0 Å². The molecule has 0 aliphatic rings. The Labute approximate surface area is 138 Å². The second-order valence-corrected chi connectivity index (χ2v) is 5.15. The minimum atomic E-state index is 0.743. The summed E-state index contributed by atoms with van der Waals surface area (Å²) in [6.07, 6.45) is 4.38. The third kappa shape index (κ3) is 6.10. The van der Waals surface area contributed by atoms with Crippen LogP contribution in [-0.4, -0.2) is 13.7 Å². The van der Waals surface area contributed by atoms with Gasteiger partial charge in [-0.1, -0.05) is 26.2 Å². The lowest BCUT2D eigenvalue weighted by molar-refractivity contribution is 0.305. The van der Waals surface area contributed by atoms with E-state index in [1.54, 1.807) is 7.11 Å². The van der Waals surface area contributed by atoms with Crippen LogP contribution in [0.1, 0.15) is 25.7 Å². The molecule has 0 N–H and O–H groups in total. The molecule has 23 heavy (non-hydrogen) atoms. The number of hydrogen-bond donors (Lipinski definition) is 0. The first-order chi connectivity index (χ1) is 11.3. The Hall–Kier alpha value is -2.36. The van der Waals surface area contributed by atoms with Gasteiger partial charge in [0.1, 0.15) is 11.5 Å². The average molecular weight is 311 g/mol. The number of rotatable bonds is 9. The number of methoxy groups -OCH3 is 1. The lowest BCUT2D eigenvalue weighted by Gasteiger charge is -2.05. The Morgan fingerprint density at radius 3 is 1.87 bits per heavy atom. The van der Waals surface area contributed by atoms with Crippen LogP contribution in [0.3, 0.4) is 0 Å². The maximum atomic E-state index is 5.69. The highest BCUT2D eigenvalue weighted by atomic mass is 16.5. The highest BCUT2D eigenvalue weighted by molar-refractivity contribution is 5.44. The van der Waals surface area contributed by atoms with Crippen molar-refractivity contribution in [1.82, 2.24) is 0 Å². The molecule has 0 saturated heterocycles. The van der Waals surface area contributed by atoms with Gasteiger partial charge in [-0.2, -0.15) is 10.2 Å². The first-order valence-electron chi connectivity index (χ1n) is 7.90. The molecule has 0 aliphatic carbocycles. The number of azo groups is 1. The normalized spacial score (nSPS) is 10.9. The van der Waals surface area contributed by atoms with Crippen LogP contribution in [0, 0.1) is 6.92 Å². The molecule has 2 aromatic carbocycles. The molecule has 1 radical (unpaired) electrons. The fourth-order valence-corrected chi connectivity index (χ4v) is 2.02. The average Bonchev–Trinajstić information content (AvgIpc) is 2.61. The van der Waals surface area contributed by atoms with Crippen molar-refractivity contribution < 1.29 is 9.47 Å². The molecule has 0 heterocycles. The maximum absolute atomic E-state index is 5.69. The second-order valence-electron chi connectivity index (χ2n) is 5.15. The molecule has 2 aromatic rings. The quantitative estimate of drug-likeness (QED) is 0.428. The monoisotopic (exact) mass is 311 g/mol. The van der Waals surface area contributed by atoms with Crippen LogP contribution in [0.25, 0.3) is 0 Å². The minimum absolute atomic E-state index is 0.743. The van der Waals surface area contributed by atoms with Crippen LogP contribution >= 0.6 is 0 Å². The smallest absolute Gasteiger partial charge is 0.119 e. The van der Waals surface area contributed by atoms with Gasteiger partial charge in [-0.15, -0.1) is 0 Å². The lowest BCUT2D eigenvalue weighted by Crippen LogP contribution is -1.96. The van der Waals surface area contributed by atoms with E-state index in [-0.39, 0.29) is 0 Å². The predicted octanol–water partition coefficient (Wildman–Crippen LogP) is 5.88. The minimum Gasteiger partial charge on any atom is -0.497 e. The molecule has 0 atom stereocenters. The van der Waals surface area contributed by atoms with Gasteiger partial charge in [0.2, 0.25) is 0 Å². The van der Waals surface area contributed by atoms with Crippen molar-refractivity contribution in [3.05, 3.63) is 55.5 Å². The Bertz CT molecular complexity index is 592. The van der Waals surface area contributed by atoms with Crippen molar-refractivity contribution in [2.45, 2.75) is 25.7 Å². The van der Waals surface area contributed by atoms with Gasteiger partial charge < -0.3 is 9.47 Å². The summed E-state index contributed by atoms with van der Waals surface area (Å²) in [5, 5.41) is 8.42. The summed E-state index contributed by atoms with van der Waals surface area (Å²) in [5.41, 5.74) is 1.58. The van der Waals surface area contributed by atoms with Gasteiger partial charge in [0, 0.05) is 0 Å². The Balaban J connectivity index is 1.82. The van der Waals surface area contributed by atoms with E-state index in [4.69, 9.17) is 9.47 Å². The third-order valence-corrected chi connectivity index (χ3v) is 3.35. The van der Waals surface area contributed by atoms with Gasteiger partial charge in [-0.3, -0.25) is 0 Å². The molecule has 4 nitrogen and oxygen atoms in total. The summed E-state index contributed by atoms with van der Waals surface area (Å²) < 4.78 is 10.8. The summed E-state index contributed by atoms with van der Waals surface area (Å²) in [7, 11) is 1.64. The molecule has 0 bridgehead atoms. The van der Waals surface area contributed by atoms with Crippen LogP contribution in [-0.2, 0) is 0 Å². The third-order valence-electron chi connectivity index (χ3n) is 3.35.